The molecule has 106 valence electrons. The van der Waals surface area contributed by atoms with Crippen LogP contribution in [0.25, 0.3) is 0 Å². The van der Waals surface area contributed by atoms with Gasteiger partial charge >= 0.3 is 0 Å². The highest BCUT2D eigenvalue weighted by molar-refractivity contribution is 5.29. The summed E-state index contributed by atoms with van der Waals surface area (Å²) in [6.45, 7) is 8.11. The third kappa shape index (κ3) is 3.93. The molecule has 0 aromatic heterocycles. The Morgan fingerprint density at radius 1 is 1.37 bits per heavy atom. The summed E-state index contributed by atoms with van der Waals surface area (Å²) in [5.74, 6) is 0.915. The van der Waals surface area contributed by atoms with Crippen molar-refractivity contribution < 1.29 is 9.47 Å². The third-order valence-corrected chi connectivity index (χ3v) is 3.50. The first kappa shape index (κ1) is 14.3. The first-order valence-corrected chi connectivity index (χ1v) is 6.95. The minimum atomic E-state index is -0.339. The van der Waals surface area contributed by atoms with Crippen LogP contribution in [0, 0.1) is 0 Å². The molecule has 1 heterocycles. The van der Waals surface area contributed by atoms with Crippen LogP contribution in [0.1, 0.15) is 19.4 Å². The second-order valence-electron chi connectivity index (χ2n) is 5.21. The van der Waals surface area contributed by atoms with Crippen LogP contribution in [0.15, 0.2) is 24.3 Å². The molecule has 0 spiro atoms. The van der Waals surface area contributed by atoms with Gasteiger partial charge in [0.2, 0.25) is 0 Å². The molecule has 0 bridgehead atoms. The predicted octanol–water partition coefficient (Wildman–Crippen LogP) is 1.63. The van der Waals surface area contributed by atoms with E-state index >= 15 is 0 Å². The molecule has 1 aromatic carbocycles. The Morgan fingerprint density at radius 2 is 2.11 bits per heavy atom. The lowest BCUT2D eigenvalue weighted by molar-refractivity contribution is -0.0142. The summed E-state index contributed by atoms with van der Waals surface area (Å²) in [6.07, 6.45) is 0.813. The van der Waals surface area contributed by atoms with E-state index in [0.717, 1.165) is 38.5 Å². The summed E-state index contributed by atoms with van der Waals surface area (Å²) >= 11 is 0. The maximum absolute atomic E-state index is 6.48. The van der Waals surface area contributed by atoms with Crippen molar-refractivity contribution in [2.45, 2.75) is 25.9 Å². The highest BCUT2D eigenvalue weighted by atomic mass is 16.5. The number of nitrogens with zero attached hydrogens (tertiary/aromatic N) is 1. The van der Waals surface area contributed by atoms with Crippen LogP contribution >= 0.6 is 0 Å². The molecule has 2 rings (SSSR count). The monoisotopic (exact) mass is 264 g/mol. The first-order chi connectivity index (χ1) is 9.12. The smallest absolute Gasteiger partial charge is 0.119 e. The van der Waals surface area contributed by atoms with E-state index < -0.39 is 0 Å². The Balaban J connectivity index is 2.03. The fraction of sp³-hybridized carbons (Fsp3) is 0.600. The van der Waals surface area contributed by atoms with Gasteiger partial charge in [0.1, 0.15) is 5.75 Å². The first-order valence-electron chi connectivity index (χ1n) is 6.95. The number of hydrogen-bond donors (Lipinski definition) is 1. The Bertz CT molecular complexity index is 401. The summed E-state index contributed by atoms with van der Waals surface area (Å²) in [4.78, 5) is 2.30. The zero-order chi connectivity index (χ0) is 13.7. The Kier molecular flexibility index (Phi) is 4.80. The van der Waals surface area contributed by atoms with Crippen LogP contribution < -0.4 is 10.5 Å². The lowest BCUT2D eigenvalue weighted by Gasteiger charge is -2.40. The molecule has 0 saturated carbocycles. The summed E-state index contributed by atoms with van der Waals surface area (Å²) in [7, 11) is 0. The molecule has 1 fully saturated rings. The number of nitrogens with two attached hydrogens (primary N) is 1. The van der Waals surface area contributed by atoms with Crippen LogP contribution in [-0.4, -0.2) is 43.5 Å². The number of ether oxygens (including phenoxy) is 2. The molecule has 2 N–H and O–H groups in total. The van der Waals surface area contributed by atoms with E-state index in [1.807, 2.05) is 19.1 Å². The SMILES string of the molecule is CCOc1cccc(CC(C)(N)N2CCOCC2)c1. The Hall–Kier alpha value is -1.10. The third-order valence-electron chi connectivity index (χ3n) is 3.50. The second-order valence-corrected chi connectivity index (χ2v) is 5.21. The standard InChI is InChI=1S/C15H24N2O2/c1-3-19-14-6-4-5-13(11-14)12-15(2,16)17-7-9-18-10-8-17/h4-6,11H,3,7-10,12,16H2,1-2H3. The number of hydrogen-bond acceptors (Lipinski definition) is 4. The van der Waals surface area contributed by atoms with Gasteiger partial charge in [-0.15, -0.1) is 0 Å². The van der Waals surface area contributed by atoms with Crippen molar-refractivity contribution in [1.29, 1.82) is 0 Å². The molecule has 4 heteroatoms. The number of benzene rings is 1. The van der Waals surface area contributed by atoms with Gasteiger partial charge in [-0.05, 0) is 31.5 Å². The fourth-order valence-corrected chi connectivity index (χ4v) is 2.51. The van der Waals surface area contributed by atoms with Gasteiger partial charge in [-0.2, -0.15) is 0 Å². The normalized spacial score (nSPS) is 19.9. The minimum Gasteiger partial charge on any atom is -0.494 e. The van der Waals surface area contributed by atoms with E-state index in [2.05, 4.69) is 24.0 Å². The van der Waals surface area contributed by atoms with E-state index in [1.165, 1.54) is 5.56 Å². The topological polar surface area (TPSA) is 47.7 Å². The lowest BCUT2D eigenvalue weighted by Crippen LogP contribution is -2.58. The molecule has 1 aliphatic rings. The number of morpholine rings is 1. The van der Waals surface area contributed by atoms with Gasteiger partial charge < -0.3 is 15.2 Å². The van der Waals surface area contributed by atoms with Gasteiger partial charge in [-0.1, -0.05) is 12.1 Å². The molecule has 1 aliphatic heterocycles. The summed E-state index contributed by atoms with van der Waals surface area (Å²) in [6, 6.07) is 8.19. The molecule has 19 heavy (non-hydrogen) atoms. The molecule has 0 radical (unpaired) electrons. The van der Waals surface area contributed by atoms with E-state index in [0.29, 0.717) is 6.61 Å². The minimum absolute atomic E-state index is 0.339. The lowest BCUT2D eigenvalue weighted by atomic mass is 10.00. The molecule has 4 nitrogen and oxygen atoms in total. The van der Waals surface area contributed by atoms with Gasteiger partial charge in [0, 0.05) is 19.5 Å². The summed E-state index contributed by atoms with van der Waals surface area (Å²) in [5, 5.41) is 0. The van der Waals surface area contributed by atoms with E-state index in [9.17, 15) is 0 Å². The number of rotatable bonds is 5. The van der Waals surface area contributed by atoms with Crippen molar-refractivity contribution in [3.8, 4) is 5.75 Å². The molecule has 0 aliphatic carbocycles. The van der Waals surface area contributed by atoms with Gasteiger partial charge in [-0.3, -0.25) is 4.90 Å². The van der Waals surface area contributed by atoms with Crippen LogP contribution in [0.5, 0.6) is 5.75 Å². The van der Waals surface area contributed by atoms with Crippen molar-refractivity contribution in [3.05, 3.63) is 29.8 Å². The van der Waals surface area contributed by atoms with Crippen LogP contribution in [0.4, 0.5) is 0 Å². The highest BCUT2D eigenvalue weighted by Crippen LogP contribution is 2.20. The largest absolute Gasteiger partial charge is 0.494 e. The maximum Gasteiger partial charge on any atom is 0.119 e. The van der Waals surface area contributed by atoms with Crippen molar-refractivity contribution >= 4 is 0 Å². The molecular formula is C15H24N2O2. The van der Waals surface area contributed by atoms with Crippen molar-refractivity contribution in [2.24, 2.45) is 5.73 Å². The van der Waals surface area contributed by atoms with E-state index in [-0.39, 0.29) is 5.66 Å². The molecule has 1 saturated heterocycles. The molecule has 1 atom stereocenters. The predicted molar refractivity (Wildman–Crippen MR) is 76.3 cm³/mol. The quantitative estimate of drug-likeness (QED) is 0.878. The van der Waals surface area contributed by atoms with Crippen LogP contribution in [0.2, 0.25) is 0 Å². The maximum atomic E-state index is 6.48. The van der Waals surface area contributed by atoms with Gasteiger partial charge in [0.05, 0.1) is 25.5 Å². The molecule has 1 unspecified atom stereocenters. The van der Waals surface area contributed by atoms with Gasteiger partial charge in [0.25, 0.3) is 0 Å². The van der Waals surface area contributed by atoms with Crippen LogP contribution in [0.3, 0.4) is 0 Å². The second kappa shape index (κ2) is 6.37. The van der Waals surface area contributed by atoms with Crippen LogP contribution in [-0.2, 0) is 11.2 Å². The zero-order valence-electron chi connectivity index (χ0n) is 11.9. The molecule has 0 amide bonds. The Labute approximate surface area is 115 Å². The average molecular weight is 264 g/mol. The highest BCUT2D eigenvalue weighted by Gasteiger charge is 2.29. The zero-order valence-corrected chi connectivity index (χ0v) is 11.9. The summed E-state index contributed by atoms with van der Waals surface area (Å²) < 4.78 is 10.9. The van der Waals surface area contributed by atoms with Crippen molar-refractivity contribution in [3.63, 3.8) is 0 Å². The van der Waals surface area contributed by atoms with Crippen molar-refractivity contribution in [2.75, 3.05) is 32.9 Å². The molecule has 1 aromatic rings. The van der Waals surface area contributed by atoms with Crippen molar-refractivity contribution in [1.82, 2.24) is 4.90 Å². The average Bonchev–Trinajstić information content (AvgIpc) is 2.40. The fourth-order valence-electron chi connectivity index (χ4n) is 2.51. The Morgan fingerprint density at radius 3 is 2.79 bits per heavy atom. The van der Waals surface area contributed by atoms with E-state index in [4.69, 9.17) is 15.2 Å². The summed E-state index contributed by atoms with van der Waals surface area (Å²) in [5.41, 5.74) is 7.35. The van der Waals surface area contributed by atoms with Gasteiger partial charge in [0.15, 0.2) is 0 Å². The van der Waals surface area contributed by atoms with Gasteiger partial charge in [-0.25, -0.2) is 0 Å². The van der Waals surface area contributed by atoms with E-state index in [1.54, 1.807) is 0 Å². The molecular weight excluding hydrogens is 240 g/mol.